The largest absolute Gasteiger partial charge is 0.481 e. The third kappa shape index (κ3) is 7.48. The first-order chi connectivity index (χ1) is 8.51. The number of likely N-dealkylation sites (N-methyl/N-ethyl adjacent to an activating group) is 2. The molecule has 104 valence electrons. The molecule has 0 spiro atoms. The number of nitrogens with one attached hydrogen (secondary N) is 2. The zero-order chi connectivity index (χ0) is 14.0. The van der Waals surface area contributed by atoms with Crippen molar-refractivity contribution in [3.05, 3.63) is 0 Å². The number of hydrogen-bond donors (Lipinski definition) is 3. The molecule has 0 heterocycles. The molecule has 0 aliphatic carbocycles. The van der Waals surface area contributed by atoms with Gasteiger partial charge < -0.3 is 20.6 Å². The van der Waals surface area contributed by atoms with Gasteiger partial charge in [-0.2, -0.15) is 0 Å². The Balaban J connectivity index is 3.95. The maximum Gasteiger partial charge on any atom is 0.317 e. The Kier molecular flexibility index (Phi) is 8.34. The van der Waals surface area contributed by atoms with E-state index in [2.05, 4.69) is 10.6 Å². The molecule has 0 unspecified atom stereocenters. The van der Waals surface area contributed by atoms with Gasteiger partial charge in [0.2, 0.25) is 5.91 Å². The molecule has 0 bridgehead atoms. The molecule has 18 heavy (non-hydrogen) atoms. The molecule has 3 amide bonds. The topological polar surface area (TPSA) is 98.7 Å². The Morgan fingerprint density at radius 2 is 1.83 bits per heavy atom. The van der Waals surface area contributed by atoms with Crippen LogP contribution in [0, 0.1) is 0 Å². The highest BCUT2D eigenvalue weighted by Gasteiger charge is 2.14. The van der Waals surface area contributed by atoms with Gasteiger partial charge in [-0.25, -0.2) is 4.79 Å². The minimum absolute atomic E-state index is 0.00903. The molecular formula is C11H21N3O4. The van der Waals surface area contributed by atoms with Crippen LogP contribution in [0.1, 0.15) is 26.7 Å². The smallest absolute Gasteiger partial charge is 0.317 e. The van der Waals surface area contributed by atoms with Crippen LogP contribution in [0.3, 0.4) is 0 Å². The first kappa shape index (κ1) is 16.2. The quantitative estimate of drug-likeness (QED) is 0.535. The second-order valence-corrected chi connectivity index (χ2v) is 3.70. The molecule has 0 aliphatic rings. The number of amides is 3. The second kappa shape index (κ2) is 9.26. The van der Waals surface area contributed by atoms with Crippen LogP contribution in [-0.2, 0) is 9.59 Å². The van der Waals surface area contributed by atoms with Crippen LogP contribution < -0.4 is 10.6 Å². The first-order valence-electron chi connectivity index (χ1n) is 6.02. The lowest BCUT2D eigenvalue weighted by atomic mass is 10.3. The van der Waals surface area contributed by atoms with E-state index in [-0.39, 0.29) is 31.4 Å². The third-order valence-corrected chi connectivity index (χ3v) is 2.22. The molecule has 0 aromatic heterocycles. The van der Waals surface area contributed by atoms with Crippen molar-refractivity contribution in [2.24, 2.45) is 0 Å². The summed E-state index contributed by atoms with van der Waals surface area (Å²) in [7, 11) is 0. The Morgan fingerprint density at radius 3 is 2.33 bits per heavy atom. The Morgan fingerprint density at radius 1 is 1.17 bits per heavy atom. The highest BCUT2D eigenvalue weighted by atomic mass is 16.4. The van der Waals surface area contributed by atoms with E-state index < -0.39 is 5.97 Å². The van der Waals surface area contributed by atoms with Gasteiger partial charge in [-0.3, -0.25) is 9.59 Å². The van der Waals surface area contributed by atoms with Gasteiger partial charge in [-0.15, -0.1) is 0 Å². The van der Waals surface area contributed by atoms with Gasteiger partial charge in [0.15, 0.2) is 0 Å². The van der Waals surface area contributed by atoms with Crippen LogP contribution in [0.4, 0.5) is 4.79 Å². The van der Waals surface area contributed by atoms with Crippen LogP contribution >= 0.6 is 0 Å². The molecule has 3 N–H and O–H groups in total. The molecule has 0 rings (SSSR count). The van der Waals surface area contributed by atoms with Crippen LogP contribution in [0.15, 0.2) is 0 Å². The van der Waals surface area contributed by atoms with Gasteiger partial charge in [0, 0.05) is 26.1 Å². The van der Waals surface area contributed by atoms with Crippen LogP contribution in [0.2, 0.25) is 0 Å². The molecular weight excluding hydrogens is 238 g/mol. The highest BCUT2D eigenvalue weighted by molar-refractivity contribution is 5.83. The zero-order valence-electron chi connectivity index (χ0n) is 10.9. The normalized spacial score (nSPS) is 9.67. The van der Waals surface area contributed by atoms with Crippen LogP contribution in [0.5, 0.6) is 0 Å². The number of carbonyl (C=O) groups is 3. The average Bonchev–Trinajstić information content (AvgIpc) is 2.31. The van der Waals surface area contributed by atoms with Crippen molar-refractivity contribution in [3.63, 3.8) is 0 Å². The van der Waals surface area contributed by atoms with Crippen molar-refractivity contribution in [2.75, 3.05) is 26.2 Å². The van der Waals surface area contributed by atoms with Gasteiger partial charge in [-0.05, 0) is 20.3 Å². The summed E-state index contributed by atoms with van der Waals surface area (Å²) >= 11 is 0. The lowest BCUT2D eigenvalue weighted by molar-refractivity contribution is -0.137. The summed E-state index contributed by atoms with van der Waals surface area (Å²) in [6.45, 7) is 4.82. The predicted molar refractivity (Wildman–Crippen MR) is 66.2 cm³/mol. The van der Waals surface area contributed by atoms with Gasteiger partial charge >= 0.3 is 12.0 Å². The Bertz CT molecular complexity index is 294. The third-order valence-electron chi connectivity index (χ3n) is 2.22. The number of hydrogen-bond acceptors (Lipinski definition) is 3. The predicted octanol–water partition coefficient (Wildman–Crippen LogP) is 0.0188. The van der Waals surface area contributed by atoms with Gasteiger partial charge in [-0.1, -0.05) is 0 Å². The summed E-state index contributed by atoms with van der Waals surface area (Å²) in [5.74, 6) is -1.10. The van der Waals surface area contributed by atoms with Gasteiger partial charge in [0.1, 0.15) is 6.54 Å². The van der Waals surface area contributed by atoms with Crippen LogP contribution in [-0.4, -0.2) is 54.1 Å². The number of rotatable bonds is 8. The summed E-state index contributed by atoms with van der Waals surface area (Å²) in [5.41, 5.74) is 0. The number of carbonyl (C=O) groups excluding carboxylic acids is 2. The first-order valence-corrected chi connectivity index (χ1v) is 6.02. The van der Waals surface area contributed by atoms with E-state index in [1.54, 1.807) is 13.8 Å². The molecule has 0 aromatic carbocycles. The minimum Gasteiger partial charge on any atom is -0.481 e. The fourth-order valence-electron chi connectivity index (χ4n) is 1.30. The lowest BCUT2D eigenvalue weighted by Gasteiger charge is -2.20. The summed E-state index contributed by atoms with van der Waals surface area (Å²) in [5, 5.41) is 13.6. The second-order valence-electron chi connectivity index (χ2n) is 3.70. The van der Waals surface area contributed by atoms with Crippen molar-refractivity contribution < 1.29 is 19.5 Å². The van der Waals surface area contributed by atoms with E-state index in [4.69, 9.17) is 5.11 Å². The average molecular weight is 259 g/mol. The van der Waals surface area contributed by atoms with Crippen LogP contribution in [0.25, 0.3) is 0 Å². The fraction of sp³-hybridized carbons (Fsp3) is 0.727. The number of nitrogens with zero attached hydrogens (tertiary/aromatic N) is 1. The number of carboxylic acids is 1. The molecule has 0 aliphatic heterocycles. The molecule has 0 atom stereocenters. The Hall–Kier alpha value is -1.79. The molecule has 0 radical (unpaired) electrons. The maximum atomic E-state index is 11.6. The van der Waals surface area contributed by atoms with E-state index in [1.165, 1.54) is 4.90 Å². The number of carboxylic acid groups (broad SMARTS) is 1. The maximum absolute atomic E-state index is 11.6. The number of urea groups is 1. The molecule has 7 nitrogen and oxygen atoms in total. The monoisotopic (exact) mass is 259 g/mol. The zero-order valence-corrected chi connectivity index (χ0v) is 10.9. The van der Waals surface area contributed by atoms with E-state index in [0.29, 0.717) is 19.5 Å². The fourth-order valence-corrected chi connectivity index (χ4v) is 1.30. The van der Waals surface area contributed by atoms with Crippen molar-refractivity contribution in [1.82, 2.24) is 15.5 Å². The standard InChI is InChI=1S/C11H21N3O4/c1-3-12-9(15)8-14(4-2)11(18)13-7-5-6-10(16)17/h3-8H2,1-2H3,(H,12,15)(H,13,18)(H,16,17). The summed E-state index contributed by atoms with van der Waals surface area (Å²) < 4.78 is 0. The van der Waals surface area contributed by atoms with E-state index >= 15 is 0 Å². The van der Waals surface area contributed by atoms with Gasteiger partial charge in [0.25, 0.3) is 0 Å². The molecule has 0 saturated carbocycles. The lowest BCUT2D eigenvalue weighted by Crippen LogP contribution is -2.45. The van der Waals surface area contributed by atoms with Crippen molar-refractivity contribution in [2.45, 2.75) is 26.7 Å². The van der Waals surface area contributed by atoms with E-state index in [0.717, 1.165) is 0 Å². The molecule has 0 fully saturated rings. The van der Waals surface area contributed by atoms with E-state index in [1.807, 2.05) is 0 Å². The van der Waals surface area contributed by atoms with E-state index in [9.17, 15) is 14.4 Å². The summed E-state index contributed by atoms with van der Waals surface area (Å²) in [6, 6.07) is -0.353. The van der Waals surface area contributed by atoms with Crippen molar-refractivity contribution in [1.29, 1.82) is 0 Å². The van der Waals surface area contributed by atoms with Gasteiger partial charge in [0.05, 0.1) is 0 Å². The molecule has 0 aromatic rings. The van der Waals surface area contributed by atoms with Crippen molar-refractivity contribution in [3.8, 4) is 0 Å². The highest BCUT2D eigenvalue weighted by Crippen LogP contribution is 1.91. The number of aliphatic carboxylic acids is 1. The molecule has 7 heteroatoms. The molecule has 0 saturated heterocycles. The summed E-state index contributed by atoms with van der Waals surface area (Å²) in [6.07, 6.45) is 0.391. The van der Waals surface area contributed by atoms with Crippen molar-refractivity contribution >= 4 is 17.9 Å². The minimum atomic E-state index is -0.890. The Labute approximate surface area is 107 Å². The summed E-state index contributed by atoms with van der Waals surface area (Å²) in [4.78, 5) is 34.6. The SMILES string of the molecule is CCNC(=O)CN(CC)C(=O)NCCCC(=O)O.